The van der Waals surface area contributed by atoms with Gasteiger partial charge in [-0.05, 0) is 43.9 Å². The summed E-state index contributed by atoms with van der Waals surface area (Å²) in [6, 6.07) is 4.77. The molecule has 0 spiro atoms. The van der Waals surface area contributed by atoms with E-state index in [4.69, 9.17) is 16.3 Å². The van der Waals surface area contributed by atoms with Crippen LogP contribution in [-0.4, -0.2) is 41.7 Å². The molecule has 0 unspecified atom stereocenters. The highest BCUT2D eigenvalue weighted by Gasteiger charge is 2.55. The summed E-state index contributed by atoms with van der Waals surface area (Å²) in [6.07, 6.45) is 2.43. The Bertz CT molecular complexity index is 666. The molecule has 1 saturated heterocycles. The molecule has 2 atom stereocenters. The number of ether oxygens (including phenoxy) is 1. The number of likely N-dealkylation sites (tertiary alicyclic amines) is 1. The first-order chi connectivity index (χ1) is 11.5. The molecule has 0 aromatic heterocycles. The number of carboxylic acid groups (broad SMARTS) is 1. The average Bonchev–Trinajstić information content (AvgIpc) is 3.08. The van der Waals surface area contributed by atoms with Gasteiger partial charge in [-0.1, -0.05) is 18.0 Å². The predicted octanol–water partition coefficient (Wildman–Crippen LogP) is 3.46. The van der Waals surface area contributed by atoms with E-state index in [0.29, 0.717) is 36.0 Å². The predicted molar refractivity (Wildman–Crippen MR) is 90.6 cm³/mol. The fourth-order valence-electron chi connectivity index (χ4n) is 3.85. The molecule has 2 aliphatic rings. The van der Waals surface area contributed by atoms with Crippen molar-refractivity contribution in [3.05, 3.63) is 23.2 Å². The van der Waals surface area contributed by atoms with Crippen LogP contribution in [0.1, 0.15) is 26.2 Å². The zero-order valence-electron chi connectivity index (χ0n) is 13.5. The van der Waals surface area contributed by atoms with Crippen molar-refractivity contribution < 1.29 is 19.4 Å². The maximum atomic E-state index is 12.5. The zero-order valence-corrected chi connectivity index (χ0v) is 14.3. The second-order valence-electron chi connectivity index (χ2n) is 6.44. The van der Waals surface area contributed by atoms with Gasteiger partial charge in [-0.15, -0.1) is 0 Å². The van der Waals surface area contributed by atoms with Gasteiger partial charge in [-0.3, -0.25) is 4.79 Å². The Morgan fingerprint density at radius 2 is 2.29 bits per heavy atom. The lowest BCUT2D eigenvalue weighted by molar-refractivity contribution is -0.149. The summed E-state index contributed by atoms with van der Waals surface area (Å²) in [6.45, 7) is 3.14. The number of carbonyl (C=O) groups excluding carboxylic acids is 1. The third kappa shape index (κ3) is 2.90. The normalized spacial score (nSPS) is 25.4. The lowest BCUT2D eigenvalue weighted by atomic mass is 9.81. The number of amides is 2. The summed E-state index contributed by atoms with van der Waals surface area (Å²) in [5.41, 5.74) is -0.205. The van der Waals surface area contributed by atoms with Crippen molar-refractivity contribution in [2.24, 2.45) is 11.3 Å². The maximum Gasteiger partial charge on any atom is 0.321 e. The van der Waals surface area contributed by atoms with E-state index in [0.717, 1.165) is 12.8 Å². The molecule has 3 rings (SSSR count). The fraction of sp³-hybridized carbons (Fsp3) is 0.529. The SMILES string of the molecule is CCOc1ccc(NC(=O)N2C[C@@H]3CCC[C@@]3(C(=O)O)C2)cc1Cl. The highest BCUT2D eigenvalue weighted by molar-refractivity contribution is 6.32. The van der Waals surface area contributed by atoms with Crippen LogP contribution in [0.25, 0.3) is 0 Å². The molecule has 1 aliphatic carbocycles. The molecule has 1 heterocycles. The van der Waals surface area contributed by atoms with Gasteiger partial charge in [0.1, 0.15) is 5.75 Å². The van der Waals surface area contributed by atoms with Crippen LogP contribution >= 0.6 is 11.6 Å². The molecular weight excluding hydrogens is 332 g/mol. The van der Waals surface area contributed by atoms with Crippen molar-refractivity contribution in [3.63, 3.8) is 0 Å². The van der Waals surface area contributed by atoms with Crippen LogP contribution in [0.2, 0.25) is 5.02 Å². The summed E-state index contributed by atoms with van der Waals surface area (Å²) < 4.78 is 5.37. The maximum absolute atomic E-state index is 12.5. The number of rotatable bonds is 4. The largest absolute Gasteiger partial charge is 0.492 e. The Hall–Kier alpha value is -1.95. The number of aliphatic carboxylic acids is 1. The molecule has 2 N–H and O–H groups in total. The third-order valence-corrected chi connectivity index (χ3v) is 5.36. The van der Waals surface area contributed by atoms with Crippen molar-refractivity contribution in [1.82, 2.24) is 4.90 Å². The Balaban J connectivity index is 1.68. The van der Waals surface area contributed by atoms with Gasteiger partial charge in [0.2, 0.25) is 0 Å². The van der Waals surface area contributed by atoms with E-state index in [-0.39, 0.29) is 18.5 Å². The number of nitrogens with zero attached hydrogens (tertiary/aromatic N) is 1. The minimum Gasteiger partial charge on any atom is -0.492 e. The molecular formula is C17H21ClN2O4. The number of anilines is 1. The standard InChI is InChI=1S/C17H21ClN2O4/c1-2-24-14-6-5-12(8-13(14)18)19-16(23)20-9-11-4-3-7-17(11,10-20)15(21)22/h5-6,8,11H,2-4,7,9-10H2,1H3,(H,19,23)(H,21,22)/t11-,17+/m0/s1. The number of nitrogens with one attached hydrogen (secondary N) is 1. The van der Waals surface area contributed by atoms with E-state index in [1.165, 1.54) is 0 Å². The van der Waals surface area contributed by atoms with Gasteiger partial charge >= 0.3 is 12.0 Å². The summed E-state index contributed by atoms with van der Waals surface area (Å²) in [5.74, 6) is -0.174. The molecule has 7 heteroatoms. The molecule has 1 aromatic carbocycles. The molecule has 130 valence electrons. The number of fused-ring (bicyclic) bond motifs is 1. The Morgan fingerprint density at radius 1 is 1.50 bits per heavy atom. The van der Waals surface area contributed by atoms with Crippen LogP contribution in [-0.2, 0) is 4.79 Å². The number of hydrogen-bond donors (Lipinski definition) is 2. The van der Waals surface area contributed by atoms with Crippen LogP contribution in [0.3, 0.4) is 0 Å². The second-order valence-corrected chi connectivity index (χ2v) is 6.85. The highest BCUT2D eigenvalue weighted by atomic mass is 35.5. The number of halogens is 1. The van der Waals surface area contributed by atoms with E-state index in [9.17, 15) is 14.7 Å². The van der Waals surface area contributed by atoms with E-state index >= 15 is 0 Å². The summed E-state index contributed by atoms with van der Waals surface area (Å²) in [4.78, 5) is 25.8. The van der Waals surface area contributed by atoms with Gasteiger partial charge in [0.05, 0.1) is 17.0 Å². The van der Waals surface area contributed by atoms with Gasteiger partial charge in [0.25, 0.3) is 0 Å². The molecule has 1 saturated carbocycles. The van der Waals surface area contributed by atoms with Crippen LogP contribution in [0, 0.1) is 11.3 Å². The van der Waals surface area contributed by atoms with Gasteiger partial charge in [0, 0.05) is 18.8 Å². The smallest absolute Gasteiger partial charge is 0.321 e. The van der Waals surface area contributed by atoms with Crippen LogP contribution < -0.4 is 10.1 Å². The Kier molecular flexibility index (Phi) is 4.58. The first-order valence-electron chi connectivity index (χ1n) is 8.18. The van der Waals surface area contributed by atoms with Crippen molar-refractivity contribution in [3.8, 4) is 5.75 Å². The molecule has 1 aromatic rings. The second kappa shape index (κ2) is 6.51. The van der Waals surface area contributed by atoms with Crippen molar-refractivity contribution in [2.75, 3.05) is 25.0 Å². The number of benzene rings is 1. The lowest BCUT2D eigenvalue weighted by Gasteiger charge is -2.23. The van der Waals surface area contributed by atoms with Crippen molar-refractivity contribution in [1.29, 1.82) is 0 Å². The first-order valence-corrected chi connectivity index (χ1v) is 8.56. The molecule has 0 bridgehead atoms. The van der Waals surface area contributed by atoms with Crippen molar-refractivity contribution in [2.45, 2.75) is 26.2 Å². The summed E-state index contributed by atoms with van der Waals surface area (Å²) in [5, 5.41) is 12.8. The van der Waals surface area contributed by atoms with Gasteiger partial charge < -0.3 is 20.1 Å². The minimum atomic E-state index is -0.788. The number of hydrogen-bond acceptors (Lipinski definition) is 3. The number of carbonyl (C=O) groups is 2. The van der Waals surface area contributed by atoms with Crippen molar-refractivity contribution >= 4 is 29.3 Å². The molecule has 0 radical (unpaired) electrons. The molecule has 2 fully saturated rings. The zero-order chi connectivity index (χ0) is 17.3. The van der Waals surface area contributed by atoms with E-state index < -0.39 is 11.4 Å². The molecule has 6 nitrogen and oxygen atoms in total. The van der Waals surface area contributed by atoms with Gasteiger partial charge in [-0.25, -0.2) is 4.79 Å². The quantitative estimate of drug-likeness (QED) is 0.869. The van der Waals surface area contributed by atoms with Gasteiger partial charge in [0.15, 0.2) is 0 Å². The van der Waals surface area contributed by atoms with Crippen LogP contribution in [0.15, 0.2) is 18.2 Å². The van der Waals surface area contributed by atoms with Crippen LogP contribution in [0.5, 0.6) is 5.75 Å². The third-order valence-electron chi connectivity index (χ3n) is 5.07. The first kappa shape index (κ1) is 16.9. The lowest BCUT2D eigenvalue weighted by Crippen LogP contribution is -2.38. The summed E-state index contributed by atoms with van der Waals surface area (Å²) >= 11 is 6.13. The fourth-order valence-corrected chi connectivity index (χ4v) is 4.08. The molecule has 24 heavy (non-hydrogen) atoms. The van der Waals surface area contributed by atoms with Gasteiger partial charge in [-0.2, -0.15) is 0 Å². The highest BCUT2D eigenvalue weighted by Crippen LogP contribution is 2.49. The Labute approximate surface area is 145 Å². The average molecular weight is 353 g/mol. The number of urea groups is 1. The number of carboxylic acids is 1. The Morgan fingerprint density at radius 3 is 2.92 bits per heavy atom. The summed E-state index contributed by atoms with van der Waals surface area (Å²) in [7, 11) is 0. The molecule has 2 amide bonds. The molecule has 1 aliphatic heterocycles. The van der Waals surface area contributed by atoms with E-state index in [2.05, 4.69) is 5.32 Å². The minimum absolute atomic E-state index is 0.0460. The topological polar surface area (TPSA) is 78.9 Å². The van der Waals surface area contributed by atoms with Crippen LogP contribution in [0.4, 0.5) is 10.5 Å². The van der Waals surface area contributed by atoms with E-state index in [1.54, 1.807) is 23.1 Å². The van der Waals surface area contributed by atoms with E-state index in [1.807, 2.05) is 6.92 Å². The monoisotopic (exact) mass is 352 g/mol.